The summed E-state index contributed by atoms with van der Waals surface area (Å²) in [5.74, 6) is -1.09. The normalized spacial score (nSPS) is 12.2. The maximum absolute atomic E-state index is 13.7. The second-order valence-corrected chi connectivity index (χ2v) is 5.02. The zero-order valence-corrected chi connectivity index (χ0v) is 12.7. The Labute approximate surface area is 124 Å². The maximum Gasteiger partial charge on any atom is 0.173 e. The van der Waals surface area contributed by atoms with Crippen LogP contribution in [0.2, 0.25) is 0 Å². The van der Waals surface area contributed by atoms with Crippen LogP contribution in [0.25, 0.3) is 0 Å². The summed E-state index contributed by atoms with van der Waals surface area (Å²) in [6.07, 6.45) is 0. The average molecular weight is 342 g/mol. The van der Waals surface area contributed by atoms with E-state index >= 15 is 0 Å². The Hall–Kier alpha value is -1.46. The first-order valence-corrected chi connectivity index (χ1v) is 6.83. The van der Waals surface area contributed by atoms with Crippen LogP contribution in [-0.4, -0.2) is 14.2 Å². The Balaban J connectivity index is 2.56. The van der Waals surface area contributed by atoms with E-state index in [-0.39, 0.29) is 10.5 Å². The first kappa shape index (κ1) is 14.9. The minimum absolute atomic E-state index is 0.114. The molecule has 0 amide bonds. The maximum atomic E-state index is 13.7. The predicted octanol–water partition coefficient (Wildman–Crippen LogP) is 4.04. The van der Waals surface area contributed by atoms with Crippen molar-refractivity contribution in [3.05, 3.63) is 63.6 Å². The van der Waals surface area contributed by atoms with Crippen LogP contribution in [0.5, 0.6) is 5.75 Å². The fourth-order valence-corrected chi connectivity index (χ4v) is 2.70. The Morgan fingerprint density at radius 3 is 2.45 bits per heavy atom. The molecule has 2 nitrogen and oxygen atoms in total. The van der Waals surface area contributed by atoms with Crippen LogP contribution in [0.4, 0.5) is 8.78 Å². The zero-order chi connectivity index (χ0) is 14.7. The van der Waals surface area contributed by atoms with Crippen LogP contribution in [0.15, 0.2) is 40.9 Å². The minimum atomic E-state index is -0.891. The van der Waals surface area contributed by atoms with E-state index in [9.17, 15) is 8.78 Å². The van der Waals surface area contributed by atoms with E-state index in [0.29, 0.717) is 11.3 Å². The lowest BCUT2D eigenvalue weighted by molar-refractivity contribution is 0.405. The van der Waals surface area contributed by atoms with Gasteiger partial charge < -0.3 is 10.1 Å². The predicted molar refractivity (Wildman–Crippen MR) is 78.0 cm³/mol. The molecular weight excluding hydrogens is 328 g/mol. The third kappa shape index (κ3) is 2.69. The molecule has 0 fully saturated rings. The lowest BCUT2D eigenvalue weighted by atomic mass is 9.98. The van der Waals surface area contributed by atoms with Crippen molar-refractivity contribution in [1.29, 1.82) is 0 Å². The van der Waals surface area contributed by atoms with Gasteiger partial charge in [-0.2, -0.15) is 0 Å². The molecule has 0 aliphatic carbocycles. The van der Waals surface area contributed by atoms with Gasteiger partial charge in [0.05, 0.1) is 17.6 Å². The molecule has 0 spiro atoms. The third-order valence-electron chi connectivity index (χ3n) is 3.11. The van der Waals surface area contributed by atoms with E-state index in [1.54, 1.807) is 20.2 Å². The monoisotopic (exact) mass is 341 g/mol. The highest BCUT2D eigenvalue weighted by Crippen LogP contribution is 2.35. The van der Waals surface area contributed by atoms with Crippen molar-refractivity contribution in [2.75, 3.05) is 14.2 Å². The number of nitrogens with one attached hydrogen (secondary N) is 1. The van der Waals surface area contributed by atoms with Gasteiger partial charge >= 0.3 is 0 Å². The van der Waals surface area contributed by atoms with E-state index in [2.05, 4.69) is 21.2 Å². The van der Waals surface area contributed by atoms with Gasteiger partial charge in [-0.1, -0.05) is 24.3 Å². The van der Waals surface area contributed by atoms with Gasteiger partial charge in [0.25, 0.3) is 0 Å². The molecule has 0 heterocycles. The third-order valence-corrected chi connectivity index (χ3v) is 3.92. The van der Waals surface area contributed by atoms with Crippen molar-refractivity contribution in [2.45, 2.75) is 6.04 Å². The topological polar surface area (TPSA) is 21.3 Å². The molecule has 5 heteroatoms. The van der Waals surface area contributed by atoms with Gasteiger partial charge in [-0.05, 0) is 40.7 Å². The highest BCUT2D eigenvalue weighted by atomic mass is 79.9. The average Bonchev–Trinajstić information content (AvgIpc) is 2.48. The van der Waals surface area contributed by atoms with Crippen LogP contribution in [0, 0.1) is 11.6 Å². The molecule has 20 heavy (non-hydrogen) atoms. The van der Waals surface area contributed by atoms with Crippen molar-refractivity contribution >= 4 is 15.9 Å². The second-order valence-electron chi connectivity index (χ2n) is 4.23. The number of halogens is 3. The SMILES string of the molecule is CNC(c1ccccc1OC)c1ccc(F)c(F)c1Br. The zero-order valence-electron chi connectivity index (χ0n) is 11.1. The molecule has 0 saturated carbocycles. The summed E-state index contributed by atoms with van der Waals surface area (Å²) in [5.41, 5.74) is 1.46. The molecule has 2 aromatic rings. The summed E-state index contributed by atoms with van der Waals surface area (Å²) < 4.78 is 32.4. The molecule has 2 rings (SSSR count). The number of rotatable bonds is 4. The molecule has 1 unspecified atom stereocenters. The Morgan fingerprint density at radius 1 is 1.10 bits per heavy atom. The summed E-state index contributed by atoms with van der Waals surface area (Å²) in [7, 11) is 3.33. The van der Waals surface area contributed by atoms with E-state index in [1.165, 1.54) is 0 Å². The van der Waals surface area contributed by atoms with E-state index in [1.807, 2.05) is 24.3 Å². The van der Waals surface area contributed by atoms with Crippen molar-refractivity contribution < 1.29 is 13.5 Å². The van der Waals surface area contributed by atoms with Crippen molar-refractivity contribution in [1.82, 2.24) is 5.32 Å². The number of methoxy groups -OCH3 is 1. The van der Waals surface area contributed by atoms with E-state index < -0.39 is 11.6 Å². The van der Waals surface area contributed by atoms with Gasteiger partial charge in [0.2, 0.25) is 0 Å². The standard InChI is InChI=1S/C15H14BrF2NO/c1-19-15(9-5-3-4-6-12(9)20-2)10-7-8-11(17)14(18)13(10)16/h3-8,15,19H,1-2H3. The minimum Gasteiger partial charge on any atom is -0.496 e. The Bertz CT molecular complexity index is 619. The fraction of sp³-hybridized carbons (Fsp3) is 0.200. The highest BCUT2D eigenvalue weighted by molar-refractivity contribution is 9.10. The van der Waals surface area contributed by atoms with Crippen LogP contribution in [0.3, 0.4) is 0 Å². The number of ether oxygens (including phenoxy) is 1. The van der Waals surface area contributed by atoms with Gasteiger partial charge in [-0.3, -0.25) is 0 Å². The first-order valence-electron chi connectivity index (χ1n) is 6.03. The molecular formula is C15H14BrF2NO. The van der Waals surface area contributed by atoms with Crippen LogP contribution in [0.1, 0.15) is 17.2 Å². The molecule has 0 saturated heterocycles. The molecule has 0 aromatic heterocycles. The highest BCUT2D eigenvalue weighted by Gasteiger charge is 2.21. The quantitative estimate of drug-likeness (QED) is 0.847. The summed E-state index contributed by atoms with van der Waals surface area (Å²) in [5, 5.41) is 3.10. The first-order chi connectivity index (χ1) is 9.60. The van der Waals surface area contributed by atoms with Crippen molar-refractivity contribution in [3.8, 4) is 5.75 Å². The molecule has 0 aliphatic rings. The van der Waals surface area contributed by atoms with E-state index in [0.717, 1.165) is 11.6 Å². The van der Waals surface area contributed by atoms with Crippen LogP contribution < -0.4 is 10.1 Å². The van der Waals surface area contributed by atoms with Crippen molar-refractivity contribution in [2.24, 2.45) is 0 Å². The lowest BCUT2D eigenvalue weighted by Gasteiger charge is -2.21. The second kappa shape index (κ2) is 6.33. The van der Waals surface area contributed by atoms with Gasteiger partial charge in [-0.25, -0.2) is 8.78 Å². The number of benzene rings is 2. The van der Waals surface area contributed by atoms with Crippen LogP contribution in [-0.2, 0) is 0 Å². The van der Waals surface area contributed by atoms with Gasteiger partial charge in [-0.15, -0.1) is 0 Å². The van der Waals surface area contributed by atoms with Gasteiger partial charge in [0.15, 0.2) is 11.6 Å². The molecule has 0 aliphatic heterocycles. The lowest BCUT2D eigenvalue weighted by Crippen LogP contribution is -2.19. The molecule has 2 aromatic carbocycles. The van der Waals surface area contributed by atoms with Crippen LogP contribution >= 0.6 is 15.9 Å². The number of para-hydroxylation sites is 1. The van der Waals surface area contributed by atoms with Gasteiger partial charge in [0, 0.05) is 5.56 Å². The summed E-state index contributed by atoms with van der Waals surface area (Å²) in [6, 6.07) is 9.80. The Morgan fingerprint density at radius 2 is 1.80 bits per heavy atom. The number of hydrogen-bond acceptors (Lipinski definition) is 2. The fourth-order valence-electron chi connectivity index (χ4n) is 2.15. The number of hydrogen-bond donors (Lipinski definition) is 1. The van der Waals surface area contributed by atoms with E-state index in [4.69, 9.17) is 4.74 Å². The molecule has 1 N–H and O–H groups in total. The van der Waals surface area contributed by atoms with Gasteiger partial charge in [0.1, 0.15) is 5.75 Å². The molecule has 106 valence electrons. The summed E-state index contributed by atoms with van der Waals surface area (Å²) >= 11 is 3.12. The summed E-state index contributed by atoms with van der Waals surface area (Å²) in [4.78, 5) is 0. The molecule has 1 atom stereocenters. The molecule has 0 bridgehead atoms. The van der Waals surface area contributed by atoms with Crippen molar-refractivity contribution in [3.63, 3.8) is 0 Å². The largest absolute Gasteiger partial charge is 0.496 e. The summed E-state index contributed by atoms with van der Waals surface area (Å²) in [6.45, 7) is 0. The smallest absolute Gasteiger partial charge is 0.173 e. The molecule has 0 radical (unpaired) electrons. The Kier molecular flexibility index (Phi) is 4.73.